The lowest BCUT2D eigenvalue weighted by Gasteiger charge is -2.27. The molecule has 1 saturated heterocycles. The van der Waals surface area contributed by atoms with Gasteiger partial charge in [0.15, 0.2) is 16.5 Å². The SMILES string of the molecule is Cc1n[nH]c2nc(-c3ccc(NS(=O)(=O)c4cc(OC(C)C)ccn4)c(F)c3)nc(O[C@@H]3CCNC[C@@H]3F)c12. The van der Waals surface area contributed by atoms with E-state index in [0.717, 1.165) is 6.07 Å². The van der Waals surface area contributed by atoms with Gasteiger partial charge in [0.05, 0.1) is 17.5 Å². The fourth-order valence-electron chi connectivity index (χ4n) is 4.14. The van der Waals surface area contributed by atoms with E-state index in [1.54, 1.807) is 20.8 Å². The van der Waals surface area contributed by atoms with Gasteiger partial charge in [-0.15, -0.1) is 0 Å². The van der Waals surface area contributed by atoms with Gasteiger partial charge >= 0.3 is 0 Å². The minimum absolute atomic E-state index is 0.0963. The maximum absolute atomic E-state index is 15.1. The lowest BCUT2D eigenvalue weighted by Crippen LogP contribution is -2.44. The largest absolute Gasteiger partial charge is 0.491 e. The van der Waals surface area contributed by atoms with Crippen molar-refractivity contribution >= 4 is 26.7 Å². The Morgan fingerprint density at radius 2 is 2.00 bits per heavy atom. The molecule has 39 heavy (non-hydrogen) atoms. The fourth-order valence-corrected chi connectivity index (χ4v) is 5.18. The van der Waals surface area contributed by atoms with E-state index in [9.17, 15) is 12.8 Å². The molecule has 0 spiro atoms. The van der Waals surface area contributed by atoms with E-state index in [1.165, 1.54) is 30.5 Å². The topological polar surface area (TPSA) is 144 Å². The predicted molar refractivity (Wildman–Crippen MR) is 139 cm³/mol. The summed E-state index contributed by atoms with van der Waals surface area (Å²) in [5, 5.41) is 10.1. The number of benzene rings is 1. The molecule has 0 bridgehead atoms. The number of aryl methyl sites for hydroxylation is 1. The third kappa shape index (κ3) is 5.76. The zero-order chi connectivity index (χ0) is 27.7. The van der Waals surface area contributed by atoms with Crippen molar-refractivity contribution in [2.24, 2.45) is 0 Å². The van der Waals surface area contributed by atoms with Crippen LogP contribution in [0, 0.1) is 12.7 Å². The van der Waals surface area contributed by atoms with Crippen LogP contribution in [0.4, 0.5) is 14.5 Å². The Morgan fingerprint density at radius 1 is 1.18 bits per heavy atom. The van der Waals surface area contributed by atoms with E-state index in [0.29, 0.717) is 35.4 Å². The molecule has 3 N–H and O–H groups in total. The van der Waals surface area contributed by atoms with Gasteiger partial charge in [0, 0.05) is 24.4 Å². The molecule has 1 aromatic carbocycles. The van der Waals surface area contributed by atoms with Gasteiger partial charge in [0.2, 0.25) is 5.88 Å². The Bertz CT molecular complexity index is 1610. The van der Waals surface area contributed by atoms with Crippen molar-refractivity contribution < 1.29 is 26.7 Å². The summed E-state index contributed by atoms with van der Waals surface area (Å²) in [5.41, 5.74) is 0.877. The van der Waals surface area contributed by atoms with E-state index in [1.807, 2.05) is 0 Å². The molecular formula is C25H27F2N7O4S. The summed E-state index contributed by atoms with van der Waals surface area (Å²) >= 11 is 0. The summed E-state index contributed by atoms with van der Waals surface area (Å²) in [4.78, 5) is 12.7. The van der Waals surface area contributed by atoms with Crippen LogP contribution in [0.15, 0.2) is 41.6 Å². The van der Waals surface area contributed by atoms with E-state index in [-0.39, 0.29) is 40.6 Å². The molecular weight excluding hydrogens is 532 g/mol. The molecule has 0 aliphatic carbocycles. The molecule has 1 aliphatic rings. The molecule has 4 heterocycles. The molecule has 14 heteroatoms. The van der Waals surface area contributed by atoms with Gasteiger partial charge < -0.3 is 14.8 Å². The molecule has 0 saturated carbocycles. The third-order valence-corrected chi connectivity index (χ3v) is 7.27. The summed E-state index contributed by atoms with van der Waals surface area (Å²) in [5.74, 6) is -0.311. The van der Waals surface area contributed by atoms with E-state index in [2.05, 4.69) is 35.2 Å². The van der Waals surface area contributed by atoms with Crippen molar-refractivity contribution in [1.29, 1.82) is 0 Å². The maximum Gasteiger partial charge on any atom is 0.279 e. The first-order valence-electron chi connectivity index (χ1n) is 12.3. The first-order valence-corrected chi connectivity index (χ1v) is 13.8. The molecule has 3 aromatic heterocycles. The van der Waals surface area contributed by atoms with Crippen molar-refractivity contribution in [1.82, 2.24) is 30.5 Å². The Balaban J connectivity index is 1.43. The van der Waals surface area contributed by atoms with Crippen molar-refractivity contribution in [2.45, 2.75) is 50.6 Å². The number of aromatic amines is 1. The number of halogens is 2. The van der Waals surface area contributed by atoms with Crippen LogP contribution < -0.4 is 19.5 Å². The Hall–Kier alpha value is -3.91. The van der Waals surface area contributed by atoms with Gasteiger partial charge in [0.25, 0.3) is 10.0 Å². The molecule has 0 radical (unpaired) electrons. The number of pyridine rings is 1. The number of nitrogens with zero attached hydrogens (tertiary/aromatic N) is 4. The van der Waals surface area contributed by atoms with Crippen molar-refractivity contribution in [3.05, 3.63) is 48.0 Å². The smallest absolute Gasteiger partial charge is 0.279 e. The number of nitrogens with one attached hydrogen (secondary N) is 3. The lowest BCUT2D eigenvalue weighted by atomic mass is 10.1. The highest BCUT2D eigenvalue weighted by molar-refractivity contribution is 7.92. The minimum Gasteiger partial charge on any atom is -0.491 e. The molecule has 4 aromatic rings. The van der Waals surface area contributed by atoms with Crippen LogP contribution in [-0.2, 0) is 10.0 Å². The van der Waals surface area contributed by atoms with Crippen LogP contribution >= 0.6 is 0 Å². The van der Waals surface area contributed by atoms with Crippen LogP contribution in [0.3, 0.4) is 0 Å². The van der Waals surface area contributed by atoms with Gasteiger partial charge in [0.1, 0.15) is 29.2 Å². The van der Waals surface area contributed by atoms with E-state index >= 15 is 4.39 Å². The van der Waals surface area contributed by atoms with Gasteiger partial charge in [-0.05, 0) is 58.0 Å². The normalized spacial score (nSPS) is 17.9. The number of hydrogen-bond donors (Lipinski definition) is 3. The van der Waals surface area contributed by atoms with Gasteiger partial charge in [-0.1, -0.05) is 0 Å². The summed E-state index contributed by atoms with van der Waals surface area (Å²) in [6, 6.07) is 6.61. The molecule has 1 aliphatic heterocycles. The number of anilines is 1. The zero-order valence-electron chi connectivity index (χ0n) is 21.4. The first-order chi connectivity index (χ1) is 18.6. The second-order valence-corrected chi connectivity index (χ2v) is 11.0. The second kappa shape index (κ2) is 10.7. The molecule has 206 valence electrons. The van der Waals surface area contributed by atoms with Crippen LogP contribution in [0.5, 0.6) is 11.6 Å². The molecule has 11 nitrogen and oxygen atoms in total. The van der Waals surface area contributed by atoms with Gasteiger partial charge in [-0.3, -0.25) is 9.82 Å². The first kappa shape index (κ1) is 26.7. The number of alkyl halides is 1. The quantitative estimate of drug-likeness (QED) is 0.295. The molecule has 0 amide bonds. The Labute approximate surface area is 223 Å². The summed E-state index contributed by atoms with van der Waals surface area (Å²) in [7, 11) is -4.21. The number of piperidine rings is 1. The standard InChI is InChI=1S/C25H27F2N7O4S/c1-13(2)37-16-6-9-29-21(11-16)39(35,36)34-19-5-4-15(10-17(19)26)23-30-24-22(14(3)32-33-24)25(31-23)38-20-7-8-28-12-18(20)27/h4-6,9-11,13,18,20,28,34H,7-8,12H2,1-3H3,(H,30,31,32,33)/t18-,20+/m0/s1. The number of sulfonamides is 1. The van der Waals surface area contributed by atoms with Crippen LogP contribution in [0.2, 0.25) is 0 Å². The second-order valence-electron chi connectivity index (χ2n) is 9.35. The number of hydrogen-bond acceptors (Lipinski definition) is 9. The zero-order valence-corrected chi connectivity index (χ0v) is 22.2. The Kier molecular flexibility index (Phi) is 7.32. The maximum atomic E-state index is 15.1. The van der Waals surface area contributed by atoms with Crippen molar-refractivity contribution in [2.75, 3.05) is 17.8 Å². The van der Waals surface area contributed by atoms with Crippen LogP contribution in [0.1, 0.15) is 26.0 Å². The predicted octanol–water partition coefficient (Wildman–Crippen LogP) is 3.53. The molecule has 0 unspecified atom stereocenters. The summed E-state index contributed by atoms with van der Waals surface area (Å²) in [6.45, 7) is 6.12. The van der Waals surface area contributed by atoms with Crippen LogP contribution in [-0.4, -0.2) is 65.0 Å². The highest BCUT2D eigenvalue weighted by Gasteiger charge is 2.28. The third-order valence-electron chi connectivity index (χ3n) is 6.00. The number of aromatic nitrogens is 5. The number of ether oxygens (including phenoxy) is 2. The average molecular weight is 560 g/mol. The molecule has 2 atom stereocenters. The number of rotatable bonds is 8. The van der Waals surface area contributed by atoms with E-state index in [4.69, 9.17) is 9.47 Å². The summed E-state index contributed by atoms with van der Waals surface area (Å²) in [6.07, 6.45) is -0.360. The monoisotopic (exact) mass is 559 g/mol. The highest BCUT2D eigenvalue weighted by Crippen LogP contribution is 2.31. The molecule has 5 rings (SSSR count). The van der Waals surface area contributed by atoms with Crippen LogP contribution in [0.25, 0.3) is 22.4 Å². The number of fused-ring (bicyclic) bond motifs is 1. The van der Waals surface area contributed by atoms with Gasteiger partial charge in [-0.2, -0.15) is 18.5 Å². The lowest BCUT2D eigenvalue weighted by molar-refractivity contribution is 0.0707. The molecule has 1 fully saturated rings. The Morgan fingerprint density at radius 3 is 2.74 bits per heavy atom. The van der Waals surface area contributed by atoms with Crippen molar-refractivity contribution in [3.63, 3.8) is 0 Å². The van der Waals surface area contributed by atoms with Crippen molar-refractivity contribution in [3.8, 4) is 23.0 Å². The van der Waals surface area contributed by atoms with E-state index < -0.39 is 28.1 Å². The minimum atomic E-state index is -4.21. The average Bonchev–Trinajstić information content (AvgIpc) is 3.27. The highest BCUT2D eigenvalue weighted by atomic mass is 32.2. The summed E-state index contributed by atoms with van der Waals surface area (Å²) < 4.78 is 69.0. The fraction of sp³-hybridized carbons (Fsp3) is 0.360. The van der Waals surface area contributed by atoms with Gasteiger partial charge in [-0.25, -0.2) is 18.7 Å². The number of H-pyrrole nitrogens is 1.